The van der Waals surface area contributed by atoms with E-state index in [1.165, 1.54) is 0 Å². The molecular weight excluding hydrogens is 417 g/mol. The minimum Gasteiger partial charge on any atom is -0.379 e. The highest BCUT2D eigenvalue weighted by Gasteiger charge is 2.33. The van der Waals surface area contributed by atoms with E-state index < -0.39 is 11.9 Å². The molecule has 2 rings (SSSR count). The van der Waals surface area contributed by atoms with E-state index in [1.807, 2.05) is 25.1 Å². The number of aromatic nitrogens is 1. The highest BCUT2D eigenvalue weighted by Crippen LogP contribution is 2.29. The number of nitrogens with one attached hydrogen (secondary N) is 2. The van der Waals surface area contributed by atoms with Gasteiger partial charge >= 0.3 is 6.18 Å². The molecule has 0 aliphatic rings. The lowest BCUT2D eigenvalue weighted by Gasteiger charge is -2.12. The third-order valence-corrected chi connectivity index (χ3v) is 4.90. The van der Waals surface area contributed by atoms with Crippen LogP contribution in [-0.4, -0.2) is 44.4 Å². The van der Waals surface area contributed by atoms with Crippen LogP contribution < -0.4 is 10.6 Å². The average molecular weight is 445 g/mol. The number of alkyl halides is 3. The Labute approximate surface area is 178 Å². The largest absolute Gasteiger partial charge is 0.434 e. The number of rotatable bonds is 11. The zero-order valence-corrected chi connectivity index (χ0v) is 17.9. The van der Waals surface area contributed by atoms with Gasteiger partial charge in [0.05, 0.1) is 24.8 Å². The molecule has 0 aliphatic heterocycles. The maximum Gasteiger partial charge on any atom is 0.434 e. The fourth-order valence-electron chi connectivity index (χ4n) is 2.53. The minimum absolute atomic E-state index is 0.385. The van der Waals surface area contributed by atoms with E-state index in [1.54, 1.807) is 7.05 Å². The van der Waals surface area contributed by atoms with Crippen molar-refractivity contribution in [3.63, 3.8) is 0 Å². The second-order valence-corrected chi connectivity index (χ2v) is 7.24. The van der Waals surface area contributed by atoms with Gasteiger partial charge in [-0.05, 0) is 18.1 Å². The van der Waals surface area contributed by atoms with E-state index in [9.17, 15) is 13.2 Å². The van der Waals surface area contributed by atoms with Crippen LogP contribution in [0.1, 0.15) is 28.8 Å². The van der Waals surface area contributed by atoms with Gasteiger partial charge in [0, 0.05) is 38.5 Å². The van der Waals surface area contributed by atoms with Crippen molar-refractivity contribution in [2.75, 3.05) is 33.4 Å². The van der Waals surface area contributed by atoms with Crippen molar-refractivity contribution in [1.82, 2.24) is 15.6 Å². The van der Waals surface area contributed by atoms with Gasteiger partial charge in [0.1, 0.15) is 0 Å². The molecule has 0 aliphatic carbocycles. The monoisotopic (exact) mass is 444 g/mol. The zero-order chi connectivity index (χ0) is 21.8. The SMILES string of the molecule is CCOCCOCc1cccc(CNC(=NC)NCCc2nc(C(F)(F)F)cs2)c1. The molecule has 1 heterocycles. The minimum atomic E-state index is -4.40. The van der Waals surface area contributed by atoms with Crippen molar-refractivity contribution in [2.24, 2.45) is 4.99 Å². The lowest BCUT2D eigenvalue weighted by Crippen LogP contribution is -2.37. The molecule has 0 saturated heterocycles. The molecule has 0 radical (unpaired) electrons. The third kappa shape index (κ3) is 8.68. The maximum atomic E-state index is 12.6. The molecule has 2 N–H and O–H groups in total. The standard InChI is InChI=1S/C20H27F3N4O2S/c1-3-28-9-10-29-13-16-6-4-5-15(11-16)12-26-19(24-2)25-8-7-18-27-17(14-30-18)20(21,22)23/h4-6,11,14H,3,7-10,12-13H2,1-2H3,(H2,24,25,26). The Balaban J connectivity index is 1.73. The fraction of sp³-hybridized carbons (Fsp3) is 0.500. The maximum absolute atomic E-state index is 12.6. The van der Waals surface area contributed by atoms with E-state index in [2.05, 4.69) is 26.7 Å². The Morgan fingerprint density at radius 2 is 1.93 bits per heavy atom. The number of aliphatic imine (C=N–C) groups is 1. The summed E-state index contributed by atoms with van der Waals surface area (Å²) in [6, 6.07) is 8.02. The first kappa shape index (κ1) is 24.1. The van der Waals surface area contributed by atoms with Gasteiger partial charge in [-0.25, -0.2) is 4.98 Å². The van der Waals surface area contributed by atoms with Crippen LogP contribution in [0.3, 0.4) is 0 Å². The molecule has 1 aromatic carbocycles. The second kappa shape index (κ2) is 12.5. The first-order chi connectivity index (χ1) is 14.4. The number of halogens is 3. The summed E-state index contributed by atoms with van der Waals surface area (Å²) >= 11 is 1.01. The summed E-state index contributed by atoms with van der Waals surface area (Å²) in [4.78, 5) is 7.76. The second-order valence-electron chi connectivity index (χ2n) is 6.30. The van der Waals surface area contributed by atoms with Crippen molar-refractivity contribution < 1.29 is 22.6 Å². The molecular formula is C20H27F3N4O2S. The van der Waals surface area contributed by atoms with E-state index in [0.29, 0.717) is 56.9 Å². The van der Waals surface area contributed by atoms with Crippen LogP contribution in [0.5, 0.6) is 0 Å². The summed E-state index contributed by atoms with van der Waals surface area (Å²) in [5, 5.41) is 7.75. The molecule has 2 aromatic rings. The van der Waals surface area contributed by atoms with E-state index in [4.69, 9.17) is 9.47 Å². The van der Waals surface area contributed by atoms with Gasteiger partial charge in [-0.1, -0.05) is 24.3 Å². The van der Waals surface area contributed by atoms with Crippen LogP contribution in [-0.2, 0) is 35.2 Å². The van der Waals surface area contributed by atoms with Crippen molar-refractivity contribution in [2.45, 2.75) is 32.7 Å². The normalized spacial score (nSPS) is 12.2. The lowest BCUT2D eigenvalue weighted by molar-refractivity contribution is -0.140. The topological polar surface area (TPSA) is 67.8 Å². The molecule has 0 bridgehead atoms. The number of benzene rings is 1. The summed E-state index contributed by atoms with van der Waals surface area (Å²) in [7, 11) is 1.64. The van der Waals surface area contributed by atoms with Crippen LogP contribution in [0.4, 0.5) is 13.2 Å². The third-order valence-electron chi connectivity index (χ3n) is 3.99. The number of hydrogen-bond donors (Lipinski definition) is 2. The smallest absolute Gasteiger partial charge is 0.379 e. The molecule has 1 aromatic heterocycles. The predicted octanol–water partition coefficient (Wildman–Crippen LogP) is 3.62. The fourth-order valence-corrected chi connectivity index (χ4v) is 3.34. The number of thiazole rings is 1. The predicted molar refractivity (Wildman–Crippen MR) is 112 cm³/mol. The van der Waals surface area contributed by atoms with Gasteiger partial charge in [-0.3, -0.25) is 4.99 Å². The summed E-state index contributed by atoms with van der Waals surface area (Å²) < 4.78 is 48.6. The van der Waals surface area contributed by atoms with Crippen molar-refractivity contribution in [3.8, 4) is 0 Å². The van der Waals surface area contributed by atoms with E-state index in [0.717, 1.165) is 27.8 Å². The van der Waals surface area contributed by atoms with Crippen molar-refractivity contribution in [1.29, 1.82) is 0 Å². The van der Waals surface area contributed by atoms with Crippen LogP contribution in [0.15, 0.2) is 34.6 Å². The molecule has 0 saturated carbocycles. The highest BCUT2D eigenvalue weighted by molar-refractivity contribution is 7.09. The van der Waals surface area contributed by atoms with E-state index in [-0.39, 0.29) is 0 Å². The summed E-state index contributed by atoms with van der Waals surface area (Å²) in [6.45, 7) is 5.26. The van der Waals surface area contributed by atoms with Gasteiger partial charge in [-0.2, -0.15) is 13.2 Å². The Bertz CT molecular complexity index is 796. The Morgan fingerprint density at radius 1 is 1.17 bits per heavy atom. The molecule has 0 fully saturated rings. The number of ether oxygens (including phenoxy) is 2. The average Bonchev–Trinajstić information content (AvgIpc) is 3.20. The lowest BCUT2D eigenvalue weighted by atomic mass is 10.1. The van der Waals surface area contributed by atoms with Crippen LogP contribution in [0, 0.1) is 0 Å². The Kier molecular flexibility index (Phi) is 10.0. The van der Waals surface area contributed by atoms with Crippen LogP contribution in [0.25, 0.3) is 0 Å². The summed E-state index contributed by atoms with van der Waals surface area (Å²) in [6.07, 6.45) is -4.02. The number of hydrogen-bond acceptors (Lipinski definition) is 5. The first-order valence-electron chi connectivity index (χ1n) is 9.61. The molecule has 30 heavy (non-hydrogen) atoms. The molecule has 6 nitrogen and oxygen atoms in total. The molecule has 166 valence electrons. The van der Waals surface area contributed by atoms with Gasteiger partial charge < -0.3 is 20.1 Å². The van der Waals surface area contributed by atoms with Gasteiger partial charge in [0.15, 0.2) is 11.7 Å². The summed E-state index contributed by atoms with van der Waals surface area (Å²) in [5.41, 5.74) is 1.29. The molecule has 0 atom stereocenters. The Hall–Kier alpha value is -2.17. The first-order valence-corrected chi connectivity index (χ1v) is 10.5. The van der Waals surface area contributed by atoms with Crippen LogP contribution >= 0.6 is 11.3 Å². The van der Waals surface area contributed by atoms with Gasteiger partial charge in [-0.15, -0.1) is 11.3 Å². The quantitative estimate of drug-likeness (QED) is 0.315. The number of nitrogens with zero attached hydrogens (tertiary/aromatic N) is 2. The molecule has 0 spiro atoms. The molecule has 10 heteroatoms. The molecule has 0 unspecified atom stereocenters. The zero-order valence-electron chi connectivity index (χ0n) is 17.1. The molecule has 0 amide bonds. The summed E-state index contributed by atoms with van der Waals surface area (Å²) in [5.74, 6) is 0.570. The van der Waals surface area contributed by atoms with Crippen molar-refractivity contribution >= 4 is 17.3 Å². The number of guanidine groups is 1. The highest BCUT2D eigenvalue weighted by atomic mass is 32.1. The van der Waals surface area contributed by atoms with Crippen LogP contribution in [0.2, 0.25) is 0 Å². The van der Waals surface area contributed by atoms with Crippen molar-refractivity contribution in [3.05, 3.63) is 51.5 Å². The van der Waals surface area contributed by atoms with E-state index >= 15 is 0 Å². The van der Waals surface area contributed by atoms with Gasteiger partial charge in [0.25, 0.3) is 0 Å². The Morgan fingerprint density at radius 3 is 2.63 bits per heavy atom. The van der Waals surface area contributed by atoms with Gasteiger partial charge in [0.2, 0.25) is 0 Å².